The SMILES string of the molecule is CC(C)CNS(=O)(=O)Nc1cc(C(C)(C)C)[nH]n1. The predicted octanol–water partition coefficient (Wildman–Crippen LogP) is 1.61. The molecule has 104 valence electrons. The molecule has 0 aliphatic heterocycles. The van der Waals surface area contributed by atoms with Crippen molar-refractivity contribution in [2.75, 3.05) is 11.3 Å². The van der Waals surface area contributed by atoms with Crippen molar-refractivity contribution in [1.82, 2.24) is 14.9 Å². The molecule has 0 aliphatic carbocycles. The Morgan fingerprint density at radius 2 is 2.00 bits per heavy atom. The molecule has 0 fully saturated rings. The monoisotopic (exact) mass is 274 g/mol. The number of hydrogen-bond donors (Lipinski definition) is 3. The lowest BCUT2D eigenvalue weighted by atomic mass is 9.92. The van der Waals surface area contributed by atoms with Gasteiger partial charge in [-0.15, -0.1) is 0 Å². The van der Waals surface area contributed by atoms with Crippen LogP contribution in [-0.2, 0) is 15.6 Å². The van der Waals surface area contributed by atoms with E-state index < -0.39 is 10.2 Å². The van der Waals surface area contributed by atoms with E-state index in [4.69, 9.17) is 0 Å². The van der Waals surface area contributed by atoms with Gasteiger partial charge in [0, 0.05) is 23.7 Å². The number of aromatic nitrogens is 2. The van der Waals surface area contributed by atoms with Crippen molar-refractivity contribution in [3.8, 4) is 0 Å². The molecule has 0 aromatic carbocycles. The van der Waals surface area contributed by atoms with Gasteiger partial charge in [0.1, 0.15) is 0 Å². The first-order valence-corrected chi connectivity index (χ1v) is 7.42. The van der Waals surface area contributed by atoms with Crippen LogP contribution in [0, 0.1) is 5.92 Å². The first-order valence-electron chi connectivity index (χ1n) is 5.93. The van der Waals surface area contributed by atoms with E-state index >= 15 is 0 Å². The zero-order chi connectivity index (χ0) is 14.0. The molecule has 0 saturated heterocycles. The van der Waals surface area contributed by atoms with Gasteiger partial charge < -0.3 is 0 Å². The highest BCUT2D eigenvalue weighted by atomic mass is 32.2. The van der Waals surface area contributed by atoms with Gasteiger partial charge in [0.05, 0.1) is 0 Å². The molecule has 0 atom stereocenters. The van der Waals surface area contributed by atoms with Crippen molar-refractivity contribution in [2.45, 2.75) is 40.0 Å². The number of anilines is 1. The lowest BCUT2D eigenvalue weighted by Crippen LogP contribution is -2.32. The van der Waals surface area contributed by atoms with Crippen molar-refractivity contribution in [1.29, 1.82) is 0 Å². The van der Waals surface area contributed by atoms with Gasteiger partial charge in [-0.2, -0.15) is 18.2 Å². The maximum atomic E-state index is 11.7. The Kier molecular flexibility index (Phi) is 4.39. The van der Waals surface area contributed by atoms with E-state index in [1.54, 1.807) is 6.07 Å². The van der Waals surface area contributed by atoms with Crippen LogP contribution in [0.5, 0.6) is 0 Å². The summed E-state index contributed by atoms with van der Waals surface area (Å²) < 4.78 is 28.2. The summed E-state index contributed by atoms with van der Waals surface area (Å²) in [6.07, 6.45) is 0. The fraction of sp³-hybridized carbons (Fsp3) is 0.727. The molecular weight excluding hydrogens is 252 g/mol. The van der Waals surface area contributed by atoms with E-state index in [1.165, 1.54) is 0 Å². The summed E-state index contributed by atoms with van der Waals surface area (Å²) in [7, 11) is -3.54. The normalized spacial score (nSPS) is 13.0. The number of nitrogens with zero attached hydrogens (tertiary/aromatic N) is 1. The molecule has 0 bridgehead atoms. The second kappa shape index (κ2) is 5.27. The van der Waals surface area contributed by atoms with Gasteiger partial charge in [-0.05, 0) is 5.92 Å². The number of nitrogens with one attached hydrogen (secondary N) is 3. The quantitative estimate of drug-likeness (QED) is 0.762. The zero-order valence-corrected chi connectivity index (χ0v) is 12.4. The largest absolute Gasteiger partial charge is 0.300 e. The summed E-state index contributed by atoms with van der Waals surface area (Å²) in [5.74, 6) is 0.557. The van der Waals surface area contributed by atoms with Gasteiger partial charge in [-0.3, -0.25) is 9.82 Å². The number of aromatic amines is 1. The van der Waals surface area contributed by atoms with Crippen LogP contribution >= 0.6 is 0 Å². The molecular formula is C11H22N4O2S. The molecule has 0 spiro atoms. The Bertz CT molecular complexity index is 485. The van der Waals surface area contributed by atoms with Gasteiger partial charge in [-0.25, -0.2) is 0 Å². The fourth-order valence-electron chi connectivity index (χ4n) is 1.21. The van der Waals surface area contributed by atoms with Crippen LogP contribution in [0.25, 0.3) is 0 Å². The summed E-state index contributed by atoms with van der Waals surface area (Å²) in [5.41, 5.74) is 0.784. The minimum absolute atomic E-state index is 0.0952. The van der Waals surface area contributed by atoms with Crippen molar-refractivity contribution in [2.24, 2.45) is 5.92 Å². The molecule has 0 amide bonds. The second-order valence-corrected chi connectivity index (χ2v) is 7.26. The Hall–Kier alpha value is -1.08. The predicted molar refractivity (Wildman–Crippen MR) is 72.7 cm³/mol. The highest BCUT2D eigenvalue weighted by Gasteiger charge is 2.18. The zero-order valence-electron chi connectivity index (χ0n) is 11.5. The molecule has 0 radical (unpaired) electrons. The lowest BCUT2D eigenvalue weighted by Gasteiger charge is -2.14. The van der Waals surface area contributed by atoms with E-state index in [-0.39, 0.29) is 11.3 Å². The summed E-state index contributed by atoms with van der Waals surface area (Å²) in [6.45, 7) is 10.3. The van der Waals surface area contributed by atoms with Gasteiger partial charge in [0.25, 0.3) is 10.2 Å². The van der Waals surface area contributed by atoms with Gasteiger partial charge in [0.15, 0.2) is 5.82 Å². The third-order valence-corrected chi connectivity index (χ3v) is 3.33. The van der Waals surface area contributed by atoms with Crippen LogP contribution in [0.4, 0.5) is 5.82 Å². The van der Waals surface area contributed by atoms with Crippen molar-refractivity contribution >= 4 is 16.0 Å². The Morgan fingerprint density at radius 1 is 1.39 bits per heavy atom. The second-order valence-electron chi connectivity index (χ2n) is 5.76. The van der Waals surface area contributed by atoms with Gasteiger partial charge in [0.2, 0.25) is 0 Å². The molecule has 1 aromatic heterocycles. The van der Waals surface area contributed by atoms with Crippen LogP contribution in [0.15, 0.2) is 6.07 Å². The smallest absolute Gasteiger partial charge is 0.280 e. The third-order valence-electron chi connectivity index (χ3n) is 2.31. The summed E-state index contributed by atoms with van der Waals surface area (Å²) >= 11 is 0. The minimum atomic E-state index is -3.54. The van der Waals surface area contributed by atoms with Crippen LogP contribution in [0.1, 0.15) is 40.3 Å². The molecule has 18 heavy (non-hydrogen) atoms. The Morgan fingerprint density at radius 3 is 2.44 bits per heavy atom. The van der Waals surface area contributed by atoms with E-state index in [0.29, 0.717) is 12.4 Å². The van der Waals surface area contributed by atoms with Crippen LogP contribution in [0.2, 0.25) is 0 Å². The maximum absolute atomic E-state index is 11.7. The summed E-state index contributed by atoms with van der Waals surface area (Å²) in [4.78, 5) is 0. The lowest BCUT2D eigenvalue weighted by molar-refractivity contribution is 0.564. The fourth-order valence-corrected chi connectivity index (χ4v) is 2.21. The molecule has 1 rings (SSSR count). The first kappa shape index (κ1) is 15.0. The van der Waals surface area contributed by atoms with Crippen LogP contribution in [-0.4, -0.2) is 25.2 Å². The van der Waals surface area contributed by atoms with Crippen LogP contribution < -0.4 is 9.44 Å². The van der Waals surface area contributed by atoms with Crippen molar-refractivity contribution in [3.63, 3.8) is 0 Å². The molecule has 7 heteroatoms. The number of rotatable bonds is 5. The highest BCUT2D eigenvalue weighted by Crippen LogP contribution is 2.22. The van der Waals surface area contributed by atoms with Crippen molar-refractivity contribution in [3.05, 3.63) is 11.8 Å². The maximum Gasteiger partial charge on any atom is 0.300 e. The topological polar surface area (TPSA) is 86.9 Å². The van der Waals surface area contributed by atoms with E-state index in [1.807, 2.05) is 34.6 Å². The van der Waals surface area contributed by atoms with E-state index in [2.05, 4.69) is 19.6 Å². The van der Waals surface area contributed by atoms with E-state index in [9.17, 15) is 8.42 Å². The average Bonchev–Trinajstić information content (AvgIpc) is 2.62. The highest BCUT2D eigenvalue weighted by molar-refractivity contribution is 7.90. The molecule has 0 saturated carbocycles. The van der Waals surface area contributed by atoms with Gasteiger partial charge >= 0.3 is 0 Å². The van der Waals surface area contributed by atoms with Crippen molar-refractivity contribution < 1.29 is 8.42 Å². The summed E-state index contributed by atoms with van der Waals surface area (Å²) in [6, 6.07) is 1.70. The Labute approximate surface area is 109 Å². The third kappa shape index (κ3) is 4.66. The number of H-pyrrole nitrogens is 1. The minimum Gasteiger partial charge on any atom is -0.280 e. The summed E-state index contributed by atoms with van der Waals surface area (Å²) in [5, 5.41) is 6.77. The first-order chi connectivity index (χ1) is 8.10. The molecule has 6 nitrogen and oxygen atoms in total. The molecule has 1 heterocycles. The van der Waals surface area contributed by atoms with Crippen LogP contribution in [0.3, 0.4) is 0 Å². The number of hydrogen-bond acceptors (Lipinski definition) is 3. The molecule has 3 N–H and O–H groups in total. The molecule has 0 unspecified atom stereocenters. The standard InChI is InChI=1S/C11H22N4O2S/c1-8(2)7-12-18(16,17)15-10-6-9(13-14-10)11(3,4)5/h6,8,12H,7H2,1-5H3,(H2,13,14,15). The van der Waals surface area contributed by atoms with Gasteiger partial charge in [-0.1, -0.05) is 34.6 Å². The average molecular weight is 274 g/mol. The Balaban J connectivity index is 2.70. The van der Waals surface area contributed by atoms with E-state index in [0.717, 1.165) is 5.69 Å². The molecule has 0 aliphatic rings. The molecule has 1 aromatic rings.